The van der Waals surface area contributed by atoms with Crippen LogP contribution in [0.15, 0.2) is 35.1 Å². The average Bonchev–Trinajstić information content (AvgIpc) is 2.79. The van der Waals surface area contributed by atoms with Gasteiger partial charge in [-0.15, -0.1) is 0 Å². The van der Waals surface area contributed by atoms with Gasteiger partial charge in [0, 0.05) is 0 Å². The van der Waals surface area contributed by atoms with Crippen LogP contribution in [-0.2, 0) is 6.54 Å². The number of nitrogens with one attached hydrogen (secondary N) is 1. The number of benzene rings is 2. The van der Waals surface area contributed by atoms with Crippen molar-refractivity contribution < 1.29 is 13.6 Å². The smallest absolute Gasteiger partial charge is 0.272 e. The van der Waals surface area contributed by atoms with E-state index < -0.39 is 23.1 Å². The molecule has 0 spiro atoms. The standard InChI is InChI=1S/C15H10F2N3O2/c16-10-5-4-8(6-11(10)17)7-20-12-3-1-2-9(14(18)21)13(12)15(22)19-20/h1,3-6H,7H2,(H2,18,21)(H,19,22). The molecule has 0 aliphatic heterocycles. The van der Waals surface area contributed by atoms with Crippen LogP contribution in [-0.4, -0.2) is 15.7 Å². The lowest BCUT2D eigenvalue weighted by Gasteiger charge is -2.06. The van der Waals surface area contributed by atoms with Crippen molar-refractivity contribution in [2.45, 2.75) is 6.54 Å². The van der Waals surface area contributed by atoms with Gasteiger partial charge in [0.05, 0.1) is 23.0 Å². The molecule has 1 heterocycles. The number of aromatic nitrogens is 2. The molecule has 111 valence electrons. The Morgan fingerprint density at radius 1 is 1.27 bits per heavy atom. The van der Waals surface area contributed by atoms with Gasteiger partial charge in [-0.25, -0.2) is 8.78 Å². The van der Waals surface area contributed by atoms with Crippen LogP contribution in [0, 0.1) is 17.7 Å². The van der Waals surface area contributed by atoms with Crippen molar-refractivity contribution in [3.05, 3.63) is 69.5 Å². The summed E-state index contributed by atoms with van der Waals surface area (Å²) in [5.41, 5.74) is 5.61. The fraction of sp³-hybridized carbons (Fsp3) is 0.0667. The number of H-pyrrole nitrogens is 1. The van der Waals surface area contributed by atoms with E-state index >= 15 is 0 Å². The maximum atomic E-state index is 13.2. The molecule has 5 nitrogen and oxygen atoms in total. The Balaban J connectivity index is 2.12. The van der Waals surface area contributed by atoms with Gasteiger partial charge in [-0.05, 0) is 29.8 Å². The van der Waals surface area contributed by atoms with E-state index in [0.717, 1.165) is 12.1 Å². The second kappa shape index (κ2) is 5.10. The van der Waals surface area contributed by atoms with Gasteiger partial charge in [-0.1, -0.05) is 12.1 Å². The summed E-state index contributed by atoms with van der Waals surface area (Å²) in [7, 11) is 0. The van der Waals surface area contributed by atoms with Crippen molar-refractivity contribution in [2.24, 2.45) is 5.73 Å². The summed E-state index contributed by atoms with van der Waals surface area (Å²) < 4.78 is 27.6. The average molecular weight is 302 g/mol. The number of hydrogen-bond donors (Lipinski definition) is 2. The lowest BCUT2D eigenvalue weighted by Crippen LogP contribution is -2.14. The molecule has 0 aliphatic rings. The molecule has 0 fully saturated rings. The Morgan fingerprint density at radius 2 is 2.05 bits per heavy atom. The van der Waals surface area contributed by atoms with E-state index in [1.807, 2.05) is 0 Å². The molecule has 0 saturated carbocycles. The highest BCUT2D eigenvalue weighted by Crippen LogP contribution is 2.16. The SMILES string of the molecule is NC(=O)c1[c]ccc2c1c(=O)[nH]n2Cc1ccc(F)c(F)c1. The normalized spacial score (nSPS) is 11.0. The number of fused-ring (bicyclic) bond motifs is 1. The van der Waals surface area contributed by atoms with Gasteiger partial charge >= 0.3 is 0 Å². The molecule has 1 aromatic heterocycles. The van der Waals surface area contributed by atoms with Crippen LogP contribution in [0.3, 0.4) is 0 Å². The first-order chi connectivity index (χ1) is 10.5. The maximum Gasteiger partial charge on any atom is 0.272 e. The minimum atomic E-state index is -0.970. The highest BCUT2D eigenvalue weighted by molar-refractivity contribution is 6.05. The molecule has 0 bridgehead atoms. The van der Waals surface area contributed by atoms with Crippen LogP contribution in [0.4, 0.5) is 8.78 Å². The van der Waals surface area contributed by atoms with Crippen molar-refractivity contribution in [2.75, 3.05) is 0 Å². The van der Waals surface area contributed by atoms with E-state index in [1.54, 1.807) is 6.07 Å². The van der Waals surface area contributed by atoms with Crippen LogP contribution >= 0.6 is 0 Å². The zero-order valence-electron chi connectivity index (χ0n) is 11.2. The maximum absolute atomic E-state index is 13.2. The van der Waals surface area contributed by atoms with Gasteiger partial charge in [-0.3, -0.25) is 19.4 Å². The Bertz CT molecular complexity index is 944. The summed E-state index contributed by atoms with van der Waals surface area (Å²) in [5, 5.41) is 2.67. The van der Waals surface area contributed by atoms with Gasteiger partial charge in [-0.2, -0.15) is 0 Å². The van der Waals surface area contributed by atoms with Crippen molar-refractivity contribution in [3.8, 4) is 0 Å². The molecule has 0 saturated heterocycles. The first kappa shape index (κ1) is 14.0. The predicted octanol–water partition coefficient (Wildman–Crippen LogP) is 1.56. The molecular formula is C15H10F2N3O2. The molecule has 1 amide bonds. The van der Waals surface area contributed by atoms with Crippen LogP contribution in [0.5, 0.6) is 0 Å². The molecule has 1 radical (unpaired) electrons. The molecular weight excluding hydrogens is 292 g/mol. The lowest BCUT2D eigenvalue weighted by atomic mass is 10.1. The summed E-state index contributed by atoms with van der Waals surface area (Å²) in [4.78, 5) is 23.4. The first-order valence-corrected chi connectivity index (χ1v) is 6.34. The number of aromatic amines is 1. The number of halogens is 2. The topological polar surface area (TPSA) is 80.9 Å². The van der Waals surface area contributed by atoms with Crippen molar-refractivity contribution in [1.29, 1.82) is 0 Å². The van der Waals surface area contributed by atoms with E-state index in [0.29, 0.717) is 11.1 Å². The fourth-order valence-corrected chi connectivity index (χ4v) is 2.32. The third kappa shape index (κ3) is 2.26. The Labute approximate surface area is 123 Å². The first-order valence-electron chi connectivity index (χ1n) is 6.34. The quantitative estimate of drug-likeness (QED) is 0.770. The summed E-state index contributed by atoms with van der Waals surface area (Å²) in [6, 6.07) is 9.15. The molecule has 2 aromatic carbocycles. The van der Waals surface area contributed by atoms with E-state index in [1.165, 1.54) is 16.8 Å². The molecule has 0 aliphatic carbocycles. The molecule has 3 N–H and O–H groups in total. The van der Waals surface area contributed by atoms with E-state index in [9.17, 15) is 18.4 Å². The van der Waals surface area contributed by atoms with Crippen molar-refractivity contribution >= 4 is 16.8 Å². The number of nitrogens with two attached hydrogens (primary N) is 1. The van der Waals surface area contributed by atoms with E-state index in [-0.39, 0.29) is 17.5 Å². The van der Waals surface area contributed by atoms with Crippen LogP contribution in [0.1, 0.15) is 15.9 Å². The van der Waals surface area contributed by atoms with Gasteiger partial charge in [0.25, 0.3) is 5.56 Å². The molecule has 0 unspecified atom stereocenters. The second-order valence-corrected chi connectivity index (χ2v) is 4.75. The minimum absolute atomic E-state index is 0.0113. The molecule has 3 aromatic rings. The zero-order chi connectivity index (χ0) is 15.9. The fourth-order valence-electron chi connectivity index (χ4n) is 2.32. The van der Waals surface area contributed by atoms with Crippen molar-refractivity contribution in [1.82, 2.24) is 9.78 Å². The molecule has 0 atom stereocenters. The van der Waals surface area contributed by atoms with Crippen molar-refractivity contribution in [3.63, 3.8) is 0 Å². The zero-order valence-corrected chi connectivity index (χ0v) is 11.2. The molecule has 22 heavy (non-hydrogen) atoms. The predicted molar refractivity (Wildman–Crippen MR) is 75.4 cm³/mol. The third-order valence-corrected chi connectivity index (χ3v) is 3.30. The summed E-state index contributed by atoms with van der Waals surface area (Å²) in [6.07, 6.45) is 0. The Hall–Kier alpha value is -2.96. The van der Waals surface area contributed by atoms with Gasteiger partial charge in [0.1, 0.15) is 0 Å². The molecule has 3 rings (SSSR count). The van der Waals surface area contributed by atoms with Crippen LogP contribution in [0.25, 0.3) is 10.9 Å². The summed E-state index contributed by atoms with van der Waals surface area (Å²) >= 11 is 0. The number of hydrogen-bond acceptors (Lipinski definition) is 2. The number of amides is 1. The van der Waals surface area contributed by atoms with E-state index in [4.69, 9.17) is 5.73 Å². The highest BCUT2D eigenvalue weighted by atomic mass is 19.2. The lowest BCUT2D eigenvalue weighted by molar-refractivity contribution is 0.100. The largest absolute Gasteiger partial charge is 0.366 e. The highest BCUT2D eigenvalue weighted by Gasteiger charge is 2.15. The van der Waals surface area contributed by atoms with Crippen LogP contribution in [0.2, 0.25) is 0 Å². The number of carbonyl (C=O) groups is 1. The third-order valence-electron chi connectivity index (χ3n) is 3.30. The Kier molecular flexibility index (Phi) is 3.25. The minimum Gasteiger partial charge on any atom is -0.366 e. The second-order valence-electron chi connectivity index (χ2n) is 4.75. The van der Waals surface area contributed by atoms with Gasteiger partial charge in [0.15, 0.2) is 11.6 Å². The number of primary amides is 1. The van der Waals surface area contributed by atoms with Gasteiger partial charge < -0.3 is 5.73 Å². The molecule has 7 heteroatoms. The van der Waals surface area contributed by atoms with Crippen LogP contribution < -0.4 is 11.3 Å². The number of nitrogens with zero attached hydrogens (tertiary/aromatic N) is 1. The summed E-state index contributed by atoms with van der Waals surface area (Å²) in [5.74, 6) is -2.68. The Morgan fingerprint density at radius 3 is 2.73 bits per heavy atom. The number of rotatable bonds is 3. The number of carbonyl (C=O) groups excluding carboxylic acids is 1. The van der Waals surface area contributed by atoms with Gasteiger partial charge in [0.2, 0.25) is 5.91 Å². The summed E-state index contributed by atoms with van der Waals surface area (Å²) in [6.45, 7) is 0.109. The monoisotopic (exact) mass is 302 g/mol. The van der Waals surface area contributed by atoms with E-state index in [2.05, 4.69) is 11.2 Å².